The second kappa shape index (κ2) is 4.88. The largest absolute Gasteiger partial charge is 0.376 e. The van der Waals surface area contributed by atoms with Gasteiger partial charge in [-0.2, -0.15) is 5.10 Å². The van der Waals surface area contributed by atoms with Crippen LogP contribution in [-0.4, -0.2) is 34.6 Å². The molecule has 1 aliphatic heterocycles. The standard InChI is InChI=1S/C12H17BrN4O2/c1-17-12(18)8(13)7(5-15-17)16-10-9(14)6-3-2-4-19-11(6)10/h5-6,9-11,16H,2-4,14H2,1H3. The first-order valence-corrected chi connectivity index (χ1v) is 7.24. The van der Waals surface area contributed by atoms with Crippen LogP contribution in [0.15, 0.2) is 15.5 Å². The van der Waals surface area contributed by atoms with Crippen LogP contribution in [-0.2, 0) is 11.8 Å². The van der Waals surface area contributed by atoms with Gasteiger partial charge < -0.3 is 15.8 Å². The molecule has 19 heavy (non-hydrogen) atoms. The van der Waals surface area contributed by atoms with Crippen LogP contribution in [0.1, 0.15) is 12.8 Å². The van der Waals surface area contributed by atoms with Crippen molar-refractivity contribution < 1.29 is 4.74 Å². The summed E-state index contributed by atoms with van der Waals surface area (Å²) in [5.41, 5.74) is 6.69. The average Bonchev–Trinajstić information content (AvgIpc) is 2.43. The third kappa shape index (κ3) is 2.09. The summed E-state index contributed by atoms with van der Waals surface area (Å²) in [6.45, 7) is 0.794. The highest BCUT2D eigenvalue weighted by Crippen LogP contribution is 2.39. The van der Waals surface area contributed by atoms with Gasteiger partial charge in [0, 0.05) is 25.6 Å². The summed E-state index contributed by atoms with van der Waals surface area (Å²) >= 11 is 3.30. The molecule has 2 heterocycles. The fourth-order valence-corrected chi connectivity index (χ4v) is 3.39. The van der Waals surface area contributed by atoms with Gasteiger partial charge in [0.2, 0.25) is 0 Å². The Morgan fingerprint density at radius 1 is 1.63 bits per heavy atom. The van der Waals surface area contributed by atoms with Crippen LogP contribution in [0, 0.1) is 5.92 Å². The molecule has 104 valence electrons. The van der Waals surface area contributed by atoms with Gasteiger partial charge in [0.05, 0.1) is 24.0 Å². The van der Waals surface area contributed by atoms with Crippen molar-refractivity contribution in [3.8, 4) is 0 Å². The lowest BCUT2D eigenvalue weighted by Crippen LogP contribution is -2.69. The van der Waals surface area contributed by atoms with Crippen LogP contribution in [0.5, 0.6) is 0 Å². The van der Waals surface area contributed by atoms with Crippen molar-refractivity contribution in [2.75, 3.05) is 11.9 Å². The van der Waals surface area contributed by atoms with E-state index in [9.17, 15) is 4.79 Å². The quantitative estimate of drug-likeness (QED) is 0.824. The molecular weight excluding hydrogens is 312 g/mol. The lowest BCUT2D eigenvalue weighted by Gasteiger charge is -2.52. The van der Waals surface area contributed by atoms with Gasteiger partial charge in [0.1, 0.15) is 4.47 Å². The van der Waals surface area contributed by atoms with Gasteiger partial charge >= 0.3 is 0 Å². The summed E-state index contributed by atoms with van der Waals surface area (Å²) in [4.78, 5) is 11.8. The lowest BCUT2D eigenvalue weighted by molar-refractivity contribution is -0.104. The molecule has 0 aromatic carbocycles. The minimum Gasteiger partial charge on any atom is -0.376 e. The maximum absolute atomic E-state index is 11.8. The molecular formula is C12H17BrN4O2. The molecule has 1 aromatic heterocycles. The summed E-state index contributed by atoms with van der Waals surface area (Å²) < 4.78 is 7.53. The molecule has 0 radical (unpaired) electrons. The molecule has 0 bridgehead atoms. The molecule has 1 aromatic rings. The maximum Gasteiger partial charge on any atom is 0.282 e. The van der Waals surface area contributed by atoms with E-state index in [1.807, 2.05) is 0 Å². The first-order chi connectivity index (χ1) is 9.09. The molecule has 1 aliphatic carbocycles. The number of nitrogens with one attached hydrogen (secondary N) is 1. The minimum absolute atomic E-state index is 0.0514. The van der Waals surface area contributed by atoms with Crippen molar-refractivity contribution in [1.82, 2.24) is 9.78 Å². The predicted octanol–water partition coefficient (Wildman–Crippen LogP) is 0.459. The maximum atomic E-state index is 11.8. The van der Waals surface area contributed by atoms with E-state index >= 15 is 0 Å². The normalized spacial score (nSPS) is 33.4. The first kappa shape index (κ1) is 13.1. The Kier molecular flexibility index (Phi) is 3.36. The van der Waals surface area contributed by atoms with Crippen LogP contribution in [0.4, 0.5) is 5.69 Å². The van der Waals surface area contributed by atoms with Crippen molar-refractivity contribution in [2.24, 2.45) is 18.7 Å². The zero-order valence-corrected chi connectivity index (χ0v) is 12.3. The molecule has 0 spiro atoms. The first-order valence-electron chi connectivity index (χ1n) is 6.45. The van der Waals surface area contributed by atoms with Crippen LogP contribution in [0.3, 0.4) is 0 Å². The lowest BCUT2D eigenvalue weighted by atomic mass is 9.68. The number of ether oxygens (including phenoxy) is 1. The highest BCUT2D eigenvalue weighted by Gasteiger charge is 2.50. The van der Waals surface area contributed by atoms with Gasteiger partial charge in [-0.25, -0.2) is 4.68 Å². The smallest absolute Gasteiger partial charge is 0.282 e. The molecule has 2 aliphatic rings. The molecule has 3 N–H and O–H groups in total. The Labute approximate surface area is 119 Å². The summed E-state index contributed by atoms with van der Waals surface area (Å²) in [5.74, 6) is 0.435. The van der Waals surface area contributed by atoms with Gasteiger partial charge in [-0.05, 0) is 28.8 Å². The second-order valence-corrected chi connectivity index (χ2v) is 5.98. The number of rotatable bonds is 2. The van der Waals surface area contributed by atoms with Crippen molar-refractivity contribution in [1.29, 1.82) is 0 Å². The van der Waals surface area contributed by atoms with E-state index in [-0.39, 0.29) is 23.7 Å². The number of aromatic nitrogens is 2. The van der Waals surface area contributed by atoms with Crippen LogP contribution >= 0.6 is 15.9 Å². The van der Waals surface area contributed by atoms with E-state index in [1.165, 1.54) is 4.68 Å². The number of anilines is 1. The van der Waals surface area contributed by atoms with Gasteiger partial charge in [0.15, 0.2) is 0 Å². The number of fused-ring (bicyclic) bond motifs is 1. The second-order valence-electron chi connectivity index (χ2n) is 5.19. The summed E-state index contributed by atoms with van der Waals surface area (Å²) in [6.07, 6.45) is 3.99. The molecule has 4 atom stereocenters. The molecule has 6 nitrogen and oxygen atoms in total. The summed E-state index contributed by atoms with van der Waals surface area (Å²) in [7, 11) is 1.62. The Morgan fingerprint density at radius 3 is 3.21 bits per heavy atom. The van der Waals surface area contributed by atoms with Crippen molar-refractivity contribution in [2.45, 2.75) is 31.0 Å². The number of nitrogens with two attached hydrogens (primary N) is 1. The number of aryl methyl sites for hydroxylation is 1. The molecule has 4 unspecified atom stereocenters. The fraction of sp³-hybridized carbons (Fsp3) is 0.667. The minimum atomic E-state index is -0.168. The van der Waals surface area contributed by atoms with Crippen molar-refractivity contribution in [3.05, 3.63) is 21.0 Å². The molecule has 0 amide bonds. The predicted molar refractivity (Wildman–Crippen MR) is 75.0 cm³/mol. The van der Waals surface area contributed by atoms with E-state index in [0.717, 1.165) is 19.4 Å². The number of hydrogen-bond donors (Lipinski definition) is 2. The Bertz CT molecular complexity index is 547. The zero-order valence-electron chi connectivity index (χ0n) is 10.7. The van der Waals surface area contributed by atoms with Gasteiger partial charge in [-0.1, -0.05) is 0 Å². The topological polar surface area (TPSA) is 82.2 Å². The van der Waals surface area contributed by atoms with E-state index < -0.39 is 0 Å². The highest BCUT2D eigenvalue weighted by atomic mass is 79.9. The van der Waals surface area contributed by atoms with E-state index in [1.54, 1.807) is 13.2 Å². The molecule has 1 saturated carbocycles. The molecule has 2 fully saturated rings. The van der Waals surface area contributed by atoms with Crippen LogP contribution < -0.4 is 16.6 Å². The molecule has 7 heteroatoms. The molecule has 1 saturated heterocycles. The molecule has 3 rings (SSSR count). The summed E-state index contributed by atoms with van der Waals surface area (Å²) in [6, 6.07) is 0.122. The van der Waals surface area contributed by atoms with Gasteiger partial charge in [-0.3, -0.25) is 4.79 Å². The SMILES string of the molecule is Cn1ncc(NC2C(N)C3CCCOC32)c(Br)c1=O. The Balaban J connectivity index is 1.79. The fourth-order valence-electron chi connectivity index (χ4n) is 2.92. The average molecular weight is 329 g/mol. The van der Waals surface area contributed by atoms with E-state index in [4.69, 9.17) is 10.5 Å². The van der Waals surface area contributed by atoms with Crippen LogP contribution in [0.25, 0.3) is 0 Å². The Hall–Kier alpha value is -0.920. The van der Waals surface area contributed by atoms with E-state index in [0.29, 0.717) is 16.1 Å². The zero-order chi connectivity index (χ0) is 13.6. The highest BCUT2D eigenvalue weighted by molar-refractivity contribution is 9.10. The number of nitrogens with zero attached hydrogens (tertiary/aromatic N) is 2. The monoisotopic (exact) mass is 328 g/mol. The van der Waals surface area contributed by atoms with Crippen LogP contribution in [0.2, 0.25) is 0 Å². The van der Waals surface area contributed by atoms with Gasteiger partial charge in [0.25, 0.3) is 5.56 Å². The third-order valence-corrected chi connectivity index (χ3v) is 4.84. The van der Waals surface area contributed by atoms with Crippen molar-refractivity contribution in [3.63, 3.8) is 0 Å². The number of hydrogen-bond acceptors (Lipinski definition) is 5. The van der Waals surface area contributed by atoms with Gasteiger partial charge in [-0.15, -0.1) is 0 Å². The van der Waals surface area contributed by atoms with Crippen molar-refractivity contribution >= 4 is 21.6 Å². The summed E-state index contributed by atoms with van der Waals surface area (Å²) in [5, 5.41) is 7.30. The third-order valence-electron chi connectivity index (χ3n) is 4.08. The number of halogens is 1. The van der Waals surface area contributed by atoms with E-state index in [2.05, 4.69) is 26.3 Å². The Morgan fingerprint density at radius 2 is 2.42 bits per heavy atom.